The third-order valence-electron chi connectivity index (χ3n) is 5.52. The van der Waals surface area contributed by atoms with Gasteiger partial charge in [-0.05, 0) is 36.8 Å². The van der Waals surface area contributed by atoms with Crippen molar-refractivity contribution in [1.29, 1.82) is 0 Å². The first-order valence-electron chi connectivity index (χ1n) is 10.5. The molecule has 31 heavy (non-hydrogen) atoms. The van der Waals surface area contributed by atoms with Crippen molar-refractivity contribution in [3.8, 4) is 11.5 Å². The summed E-state index contributed by atoms with van der Waals surface area (Å²) in [5.41, 5.74) is 3.24. The van der Waals surface area contributed by atoms with Gasteiger partial charge in [0.05, 0.1) is 13.7 Å². The number of rotatable bonds is 7. The van der Waals surface area contributed by atoms with Gasteiger partial charge < -0.3 is 18.8 Å². The molecule has 2 aromatic carbocycles. The van der Waals surface area contributed by atoms with Crippen molar-refractivity contribution < 1.29 is 13.9 Å². The first-order chi connectivity index (χ1) is 15.1. The maximum Gasteiger partial charge on any atom is 0.227 e. The van der Waals surface area contributed by atoms with Crippen LogP contribution in [-0.2, 0) is 13.2 Å². The predicted molar refractivity (Wildman–Crippen MR) is 121 cm³/mol. The van der Waals surface area contributed by atoms with Crippen LogP contribution < -0.4 is 19.8 Å². The highest BCUT2D eigenvalue weighted by atomic mass is 16.5. The van der Waals surface area contributed by atoms with E-state index in [1.54, 1.807) is 13.2 Å². The van der Waals surface area contributed by atoms with Gasteiger partial charge in [0, 0.05) is 37.9 Å². The molecule has 0 spiro atoms. The molecule has 0 aliphatic carbocycles. The Morgan fingerprint density at radius 1 is 1.00 bits per heavy atom. The summed E-state index contributed by atoms with van der Waals surface area (Å²) in [6.07, 6.45) is 1.43. The monoisotopic (exact) mass is 420 g/mol. The SMILES string of the molecule is COc1ccc(N2CCN(Cc3cc(=O)c(OCc4cccc(C)c4)co3)CC2)cc1. The van der Waals surface area contributed by atoms with Gasteiger partial charge in [-0.25, -0.2) is 0 Å². The summed E-state index contributed by atoms with van der Waals surface area (Å²) >= 11 is 0. The van der Waals surface area contributed by atoms with Crippen LogP contribution in [0, 0.1) is 6.92 Å². The van der Waals surface area contributed by atoms with E-state index in [1.165, 1.54) is 12.0 Å². The van der Waals surface area contributed by atoms with Crippen LogP contribution >= 0.6 is 0 Å². The zero-order valence-electron chi connectivity index (χ0n) is 18.0. The Morgan fingerprint density at radius 2 is 1.77 bits per heavy atom. The van der Waals surface area contributed by atoms with Crippen LogP contribution in [0.15, 0.2) is 70.1 Å². The van der Waals surface area contributed by atoms with E-state index < -0.39 is 0 Å². The average molecular weight is 421 g/mol. The normalized spacial score (nSPS) is 14.5. The maximum atomic E-state index is 12.4. The standard InChI is InChI=1S/C25H28N2O4/c1-19-4-3-5-20(14-19)17-31-25-18-30-23(15-24(25)28)16-26-10-12-27(13-11-26)21-6-8-22(29-2)9-7-21/h3-9,14-15,18H,10-13,16-17H2,1-2H3. The van der Waals surface area contributed by atoms with Crippen molar-refractivity contribution in [3.63, 3.8) is 0 Å². The van der Waals surface area contributed by atoms with E-state index in [0.29, 0.717) is 18.9 Å². The Bertz CT molecular complexity index is 1050. The second-order valence-corrected chi connectivity index (χ2v) is 7.81. The topological polar surface area (TPSA) is 55.2 Å². The van der Waals surface area contributed by atoms with Crippen molar-refractivity contribution in [2.75, 3.05) is 38.2 Å². The smallest absolute Gasteiger partial charge is 0.227 e. The molecule has 1 aliphatic heterocycles. The number of aryl methyl sites for hydroxylation is 1. The van der Waals surface area contributed by atoms with Crippen molar-refractivity contribution in [2.24, 2.45) is 0 Å². The minimum atomic E-state index is -0.147. The molecule has 2 heterocycles. The average Bonchev–Trinajstić information content (AvgIpc) is 2.79. The highest BCUT2D eigenvalue weighted by Gasteiger charge is 2.18. The minimum Gasteiger partial charge on any atom is -0.497 e. The van der Waals surface area contributed by atoms with Gasteiger partial charge in [-0.15, -0.1) is 0 Å². The lowest BCUT2D eigenvalue weighted by atomic mass is 10.1. The number of nitrogens with zero attached hydrogens (tertiary/aromatic N) is 2. The van der Waals surface area contributed by atoms with Gasteiger partial charge in [0.25, 0.3) is 0 Å². The highest BCUT2D eigenvalue weighted by Crippen LogP contribution is 2.21. The van der Waals surface area contributed by atoms with Crippen LogP contribution in [0.3, 0.4) is 0 Å². The molecule has 1 fully saturated rings. The maximum absolute atomic E-state index is 12.4. The number of hydrogen-bond donors (Lipinski definition) is 0. The number of piperazine rings is 1. The lowest BCUT2D eigenvalue weighted by Crippen LogP contribution is -2.46. The Hall–Kier alpha value is -3.25. The highest BCUT2D eigenvalue weighted by molar-refractivity contribution is 5.49. The lowest BCUT2D eigenvalue weighted by molar-refractivity contribution is 0.224. The first kappa shape index (κ1) is 21.0. The first-order valence-corrected chi connectivity index (χ1v) is 10.5. The van der Waals surface area contributed by atoms with Gasteiger partial charge >= 0.3 is 0 Å². The molecule has 0 bridgehead atoms. The fraction of sp³-hybridized carbons (Fsp3) is 0.320. The number of ether oxygens (including phenoxy) is 2. The van der Waals surface area contributed by atoms with Crippen LogP contribution in [0.4, 0.5) is 5.69 Å². The van der Waals surface area contributed by atoms with E-state index in [2.05, 4.69) is 21.9 Å². The van der Waals surface area contributed by atoms with Crippen molar-refractivity contribution in [3.05, 3.63) is 88.0 Å². The van der Waals surface area contributed by atoms with E-state index in [4.69, 9.17) is 13.9 Å². The third kappa shape index (κ3) is 5.47. The molecule has 0 unspecified atom stereocenters. The molecule has 3 aromatic rings. The second kappa shape index (κ2) is 9.71. The van der Waals surface area contributed by atoms with Crippen LogP contribution in [0.2, 0.25) is 0 Å². The summed E-state index contributed by atoms with van der Waals surface area (Å²) in [6, 6.07) is 17.7. The Balaban J connectivity index is 1.29. The number of benzene rings is 2. The summed E-state index contributed by atoms with van der Waals surface area (Å²) in [4.78, 5) is 17.1. The molecule has 162 valence electrons. The van der Waals surface area contributed by atoms with Crippen molar-refractivity contribution in [2.45, 2.75) is 20.1 Å². The van der Waals surface area contributed by atoms with E-state index in [1.807, 2.05) is 43.3 Å². The summed E-state index contributed by atoms with van der Waals surface area (Å²) in [6.45, 7) is 6.65. The van der Waals surface area contributed by atoms with Gasteiger partial charge in [-0.2, -0.15) is 0 Å². The quantitative estimate of drug-likeness (QED) is 0.579. The fourth-order valence-corrected chi connectivity index (χ4v) is 3.77. The second-order valence-electron chi connectivity index (χ2n) is 7.81. The Labute approximate surface area is 182 Å². The van der Waals surface area contributed by atoms with Crippen molar-refractivity contribution in [1.82, 2.24) is 4.90 Å². The number of hydrogen-bond acceptors (Lipinski definition) is 6. The zero-order valence-corrected chi connectivity index (χ0v) is 18.0. The van der Waals surface area contributed by atoms with Crippen molar-refractivity contribution >= 4 is 5.69 Å². The molecule has 1 aliphatic rings. The van der Waals surface area contributed by atoms with E-state index in [9.17, 15) is 4.79 Å². The summed E-state index contributed by atoms with van der Waals surface area (Å²) < 4.78 is 16.6. The molecule has 6 heteroatoms. The third-order valence-corrected chi connectivity index (χ3v) is 5.52. The van der Waals surface area contributed by atoms with Gasteiger partial charge in [-0.1, -0.05) is 29.8 Å². The molecule has 6 nitrogen and oxygen atoms in total. The number of methoxy groups -OCH3 is 1. The van der Waals surface area contributed by atoms with Gasteiger partial charge in [0.2, 0.25) is 11.2 Å². The largest absolute Gasteiger partial charge is 0.497 e. The van der Waals surface area contributed by atoms with E-state index >= 15 is 0 Å². The van der Waals surface area contributed by atoms with E-state index in [-0.39, 0.29) is 11.2 Å². The van der Waals surface area contributed by atoms with Crippen LogP contribution in [0.5, 0.6) is 11.5 Å². The molecule has 1 saturated heterocycles. The molecule has 0 saturated carbocycles. The van der Waals surface area contributed by atoms with E-state index in [0.717, 1.165) is 43.1 Å². The summed E-state index contributed by atoms with van der Waals surface area (Å²) in [5, 5.41) is 0. The molecule has 0 atom stereocenters. The molecule has 0 amide bonds. The molecular weight excluding hydrogens is 392 g/mol. The molecular formula is C25H28N2O4. The summed E-state index contributed by atoms with van der Waals surface area (Å²) in [5.74, 6) is 1.77. The minimum absolute atomic E-state index is 0.147. The molecule has 0 N–H and O–H groups in total. The predicted octanol–water partition coefficient (Wildman–Crippen LogP) is 3.86. The Kier molecular flexibility index (Phi) is 6.57. The molecule has 4 rings (SSSR count). The zero-order chi connectivity index (χ0) is 21.6. The van der Waals surface area contributed by atoms with Gasteiger partial charge in [0.15, 0.2) is 0 Å². The van der Waals surface area contributed by atoms with Gasteiger partial charge in [0.1, 0.15) is 24.4 Å². The number of anilines is 1. The molecule has 0 radical (unpaired) electrons. The fourth-order valence-electron chi connectivity index (χ4n) is 3.77. The molecule has 1 aromatic heterocycles. The Morgan fingerprint density at radius 3 is 2.45 bits per heavy atom. The lowest BCUT2D eigenvalue weighted by Gasteiger charge is -2.35. The van der Waals surface area contributed by atoms with Crippen LogP contribution in [0.1, 0.15) is 16.9 Å². The summed E-state index contributed by atoms with van der Waals surface area (Å²) in [7, 11) is 1.68. The van der Waals surface area contributed by atoms with Crippen LogP contribution in [-0.4, -0.2) is 38.2 Å². The van der Waals surface area contributed by atoms with Crippen LogP contribution in [0.25, 0.3) is 0 Å². The van der Waals surface area contributed by atoms with Gasteiger partial charge in [-0.3, -0.25) is 9.69 Å².